The summed E-state index contributed by atoms with van der Waals surface area (Å²) in [6.07, 6.45) is 0.654. The van der Waals surface area contributed by atoms with Gasteiger partial charge in [-0.05, 0) is 31.4 Å². The topological polar surface area (TPSA) is 101 Å². The standard InChI is InChI=1S/C13H21N3O4S/c1-9(2)7-10(3)15-21(19,20)13-6-5-11(14-4)8-12(13)16(17)18/h5-6,8-10,14-15H,7H2,1-4H3. The fourth-order valence-electron chi connectivity index (χ4n) is 2.13. The Kier molecular flexibility index (Phi) is 5.68. The summed E-state index contributed by atoms with van der Waals surface area (Å²) in [5.74, 6) is 0.323. The third-order valence-corrected chi connectivity index (χ3v) is 4.55. The highest BCUT2D eigenvalue weighted by atomic mass is 32.2. The number of nitro groups is 1. The van der Waals surface area contributed by atoms with Crippen molar-refractivity contribution in [3.8, 4) is 0 Å². The van der Waals surface area contributed by atoms with Crippen LogP contribution in [0.25, 0.3) is 0 Å². The van der Waals surface area contributed by atoms with Crippen molar-refractivity contribution in [3.05, 3.63) is 28.3 Å². The van der Waals surface area contributed by atoms with Crippen molar-refractivity contribution in [1.29, 1.82) is 0 Å². The zero-order valence-corrected chi connectivity index (χ0v) is 13.4. The van der Waals surface area contributed by atoms with E-state index in [4.69, 9.17) is 0 Å². The van der Waals surface area contributed by atoms with Crippen molar-refractivity contribution in [3.63, 3.8) is 0 Å². The summed E-state index contributed by atoms with van der Waals surface area (Å²) in [5.41, 5.74) is 0.0435. The number of anilines is 1. The quantitative estimate of drug-likeness (QED) is 0.594. The fourth-order valence-corrected chi connectivity index (χ4v) is 3.54. The van der Waals surface area contributed by atoms with Crippen LogP contribution in [0.4, 0.5) is 11.4 Å². The fraction of sp³-hybridized carbons (Fsp3) is 0.538. The molecular formula is C13H21N3O4S. The van der Waals surface area contributed by atoms with Gasteiger partial charge in [0.05, 0.1) is 4.92 Å². The van der Waals surface area contributed by atoms with Gasteiger partial charge in [0.15, 0.2) is 4.90 Å². The van der Waals surface area contributed by atoms with E-state index in [9.17, 15) is 18.5 Å². The molecule has 118 valence electrons. The highest BCUT2D eigenvalue weighted by Gasteiger charge is 2.27. The lowest BCUT2D eigenvalue weighted by Crippen LogP contribution is -2.33. The van der Waals surface area contributed by atoms with Crippen LogP contribution in [-0.2, 0) is 10.0 Å². The van der Waals surface area contributed by atoms with Gasteiger partial charge in [-0.1, -0.05) is 13.8 Å². The van der Waals surface area contributed by atoms with Gasteiger partial charge < -0.3 is 5.32 Å². The van der Waals surface area contributed by atoms with E-state index in [1.807, 2.05) is 13.8 Å². The molecule has 1 aromatic carbocycles. The minimum Gasteiger partial charge on any atom is -0.388 e. The SMILES string of the molecule is CNc1ccc(S(=O)(=O)NC(C)CC(C)C)c([N+](=O)[O-])c1. The zero-order valence-electron chi connectivity index (χ0n) is 12.6. The molecule has 0 aromatic heterocycles. The average Bonchev–Trinajstić information content (AvgIpc) is 2.36. The molecule has 0 saturated carbocycles. The van der Waals surface area contributed by atoms with E-state index in [-0.39, 0.29) is 10.9 Å². The number of hydrogen-bond acceptors (Lipinski definition) is 5. The Bertz CT molecular complexity index is 614. The summed E-state index contributed by atoms with van der Waals surface area (Å²) < 4.78 is 27.1. The number of rotatable bonds is 7. The molecule has 0 saturated heterocycles. The van der Waals surface area contributed by atoms with E-state index in [1.165, 1.54) is 18.2 Å². The Morgan fingerprint density at radius 1 is 1.29 bits per heavy atom. The highest BCUT2D eigenvalue weighted by molar-refractivity contribution is 7.89. The van der Waals surface area contributed by atoms with Gasteiger partial charge in [-0.3, -0.25) is 10.1 Å². The van der Waals surface area contributed by atoms with Gasteiger partial charge in [-0.2, -0.15) is 0 Å². The van der Waals surface area contributed by atoms with Crippen LogP contribution >= 0.6 is 0 Å². The first-order valence-corrected chi connectivity index (χ1v) is 8.14. The first kappa shape index (κ1) is 17.4. The molecule has 1 unspecified atom stereocenters. The van der Waals surface area contributed by atoms with E-state index in [1.54, 1.807) is 14.0 Å². The molecule has 21 heavy (non-hydrogen) atoms. The molecule has 0 amide bonds. The van der Waals surface area contributed by atoms with Crippen molar-refractivity contribution in [2.24, 2.45) is 5.92 Å². The summed E-state index contributed by atoms with van der Waals surface area (Å²) >= 11 is 0. The van der Waals surface area contributed by atoms with Crippen LogP contribution in [0.1, 0.15) is 27.2 Å². The van der Waals surface area contributed by atoms with Gasteiger partial charge in [0, 0.05) is 24.8 Å². The summed E-state index contributed by atoms with van der Waals surface area (Å²) in [7, 11) is -2.32. The molecule has 0 aliphatic rings. The average molecular weight is 315 g/mol. The smallest absolute Gasteiger partial charge is 0.291 e. The zero-order chi connectivity index (χ0) is 16.2. The van der Waals surface area contributed by atoms with Crippen molar-refractivity contribution in [2.75, 3.05) is 12.4 Å². The van der Waals surface area contributed by atoms with Crippen LogP contribution in [0, 0.1) is 16.0 Å². The van der Waals surface area contributed by atoms with Crippen LogP contribution < -0.4 is 10.0 Å². The molecule has 1 rings (SSSR count). The Hall–Kier alpha value is -1.67. The second kappa shape index (κ2) is 6.86. The summed E-state index contributed by atoms with van der Waals surface area (Å²) in [5, 5.41) is 13.8. The second-order valence-electron chi connectivity index (χ2n) is 5.34. The monoisotopic (exact) mass is 315 g/mol. The minimum atomic E-state index is -3.93. The number of sulfonamides is 1. The van der Waals surface area contributed by atoms with E-state index in [0.717, 1.165) is 0 Å². The number of nitrogens with zero attached hydrogens (tertiary/aromatic N) is 1. The largest absolute Gasteiger partial charge is 0.388 e. The van der Waals surface area contributed by atoms with Gasteiger partial charge in [-0.25, -0.2) is 13.1 Å². The molecule has 0 aliphatic carbocycles. The van der Waals surface area contributed by atoms with E-state index in [0.29, 0.717) is 18.0 Å². The third kappa shape index (κ3) is 4.68. The molecule has 0 radical (unpaired) electrons. The highest BCUT2D eigenvalue weighted by Crippen LogP contribution is 2.27. The van der Waals surface area contributed by atoms with Crippen molar-refractivity contribution in [1.82, 2.24) is 4.72 Å². The molecule has 2 N–H and O–H groups in total. The van der Waals surface area contributed by atoms with Crippen LogP contribution in [-0.4, -0.2) is 26.4 Å². The maximum atomic E-state index is 12.3. The Morgan fingerprint density at radius 3 is 2.38 bits per heavy atom. The van der Waals surface area contributed by atoms with Gasteiger partial charge in [0.1, 0.15) is 0 Å². The predicted molar refractivity (Wildman–Crippen MR) is 81.9 cm³/mol. The Balaban J connectivity index is 3.16. The maximum Gasteiger partial charge on any atom is 0.291 e. The summed E-state index contributed by atoms with van der Waals surface area (Å²) in [4.78, 5) is 10.1. The van der Waals surface area contributed by atoms with Crippen LogP contribution in [0.2, 0.25) is 0 Å². The lowest BCUT2D eigenvalue weighted by atomic mass is 10.1. The lowest BCUT2D eigenvalue weighted by molar-refractivity contribution is -0.387. The molecule has 0 bridgehead atoms. The van der Waals surface area contributed by atoms with E-state index < -0.39 is 20.6 Å². The molecule has 8 heteroatoms. The number of nitrogens with one attached hydrogen (secondary N) is 2. The maximum absolute atomic E-state index is 12.3. The molecule has 0 heterocycles. The number of benzene rings is 1. The lowest BCUT2D eigenvalue weighted by Gasteiger charge is -2.16. The molecule has 0 fully saturated rings. The summed E-state index contributed by atoms with van der Waals surface area (Å²) in [6, 6.07) is 3.66. The van der Waals surface area contributed by atoms with Gasteiger partial charge in [-0.15, -0.1) is 0 Å². The van der Waals surface area contributed by atoms with Gasteiger partial charge >= 0.3 is 0 Å². The van der Waals surface area contributed by atoms with Crippen LogP contribution in [0.15, 0.2) is 23.1 Å². The summed E-state index contributed by atoms with van der Waals surface area (Å²) in [6.45, 7) is 5.70. The molecule has 1 aromatic rings. The van der Waals surface area contributed by atoms with E-state index in [2.05, 4.69) is 10.0 Å². The Labute approximate surface area is 124 Å². The number of nitro benzene ring substituents is 1. The Morgan fingerprint density at radius 2 is 1.90 bits per heavy atom. The van der Waals surface area contributed by atoms with Gasteiger partial charge in [0.25, 0.3) is 5.69 Å². The second-order valence-corrected chi connectivity index (χ2v) is 7.02. The van der Waals surface area contributed by atoms with Crippen molar-refractivity contribution < 1.29 is 13.3 Å². The third-order valence-electron chi connectivity index (χ3n) is 2.92. The van der Waals surface area contributed by atoms with Crippen LogP contribution in [0.5, 0.6) is 0 Å². The van der Waals surface area contributed by atoms with Crippen molar-refractivity contribution >= 4 is 21.4 Å². The molecule has 0 spiro atoms. The normalized spacial score (nSPS) is 13.2. The minimum absolute atomic E-state index is 0.293. The van der Waals surface area contributed by atoms with Crippen LogP contribution in [0.3, 0.4) is 0 Å². The first-order chi connectivity index (χ1) is 9.67. The molecule has 1 atom stereocenters. The van der Waals surface area contributed by atoms with E-state index >= 15 is 0 Å². The molecular weight excluding hydrogens is 294 g/mol. The van der Waals surface area contributed by atoms with Gasteiger partial charge in [0.2, 0.25) is 10.0 Å². The van der Waals surface area contributed by atoms with Crippen molar-refractivity contribution in [2.45, 2.75) is 38.1 Å². The predicted octanol–water partition coefficient (Wildman–Crippen LogP) is 2.35. The first-order valence-electron chi connectivity index (χ1n) is 6.66. The molecule has 7 nitrogen and oxygen atoms in total. The molecule has 0 aliphatic heterocycles. The number of hydrogen-bond donors (Lipinski definition) is 2.